The molecule has 0 aliphatic rings. The molecule has 0 saturated heterocycles. The van der Waals surface area contributed by atoms with Crippen LogP contribution in [0.2, 0.25) is 0 Å². The van der Waals surface area contributed by atoms with Crippen molar-refractivity contribution < 1.29 is 33.8 Å². The summed E-state index contributed by atoms with van der Waals surface area (Å²) in [5, 5.41) is 7.57. The zero-order chi connectivity index (χ0) is 12.0. The lowest BCUT2D eigenvalue weighted by molar-refractivity contribution is 0.318. The summed E-state index contributed by atoms with van der Waals surface area (Å²) in [7, 11) is -9.00. The number of aliphatic hydroxyl groups excluding tert-OH is 1. The van der Waals surface area contributed by atoms with Crippen LogP contribution in [0.4, 0.5) is 0 Å². The molecule has 14 heavy (non-hydrogen) atoms. The van der Waals surface area contributed by atoms with Crippen molar-refractivity contribution in [3.05, 3.63) is 0 Å². The topological polar surface area (TPSA) is 161 Å². The molecule has 0 fully saturated rings. The second-order valence-electron chi connectivity index (χ2n) is 2.32. The van der Waals surface area contributed by atoms with E-state index in [1.807, 2.05) is 0 Å². The van der Waals surface area contributed by atoms with Crippen molar-refractivity contribution in [1.82, 2.24) is 0 Å². The Bertz CT molecular complexity index is 232. The van der Waals surface area contributed by atoms with Gasteiger partial charge in [-0.15, -0.1) is 0 Å². The van der Waals surface area contributed by atoms with Gasteiger partial charge < -0.3 is 30.4 Å². The molecule has 0 aliphatic heterocycles. The minimum atomic E-state index is -4.57. The van der Waals surface area contributed by atoms with E-state index in [1.165, 1.54) is 0 Å². The van der Waals surface area contributed by atoms with E-state index in [9.17, 15) is 9.13 Å². The highest BCUT2D eigenvalue weighted by Gasteiger charge is 2.31. The zero-order valence-corrected chi connectivity index (χ0v) is 9.30. The van der Waals surface area contributed by atoms with Crippen LogP contribution >= 0.6 is 15.2 Å². The first-order chi connectivity index (χ1) is 6.04. The fourth-order valence-electron chi connectivity index (χ4n) is 0.350. The highest BCUT2D eigenvalue weighted by atomic mass is 31.2. The Morgan fingerprint density at radius 3 is 1.57 bits per heavy atom. The zero-order valence-electron chi connectivity index (χ0n) is 7.52. The molecule has 0 aromatic heterocycles. The van der Waals surface area contributed by atoms with Gasteiger partial charge in [-0.1, -0.05) is 0 Å². The molecule has 10 heteroatoms. The van der Waals surface area contributed by atoms with Crippen molar-refractivity contribution >= 4 is 15.2 Å². The molecule has 0 bridgehead atoms. The van der Waals surface area contributed by atoms with E-state index in [4.69, 9.17) is 30.4 Å². The van der Waals surface area contributed by atoms with Crippen LogP contribution < -0.4 is 5.73 Å². The van der Waals surface area contributed by atoms with E-state index in [1.54, 1.807) is 6.92 Å². The van der Waals surface area contributed by atoms with Crippen LogP contribution in [0, 0.1) is 0 Å². The lowest BCUT2D eigenvalue weighted by Gasteiger charge is -2.13. The van der Waals surface area contributed by atoms with Crippen LogP contribution in [0.25, 0.3) is 0 Å². The van der Waals surface area contributed by atoms with Crippen molar-refractivity contribution in [2.45, 2.75) is 12.7 Å². The van der Waals surface area contributed by atoms with Gasteiger partial charge in [0, 0.05) is 6.61 Å². The van der Waals surface area contributed by atoms with Crippen LogP contribution in [0.5, 0.6) is 0 Å². The molecule has 0 saturated carbocycles. The monoisotopic (exact) mass is 251 g/mol. The van der Waals surface area contributed by atoms with Gasteiger partial charge >= 0.3 is 15.2 Å². The van der Waals surface area contributed by atoms with Gasteiger partial charge in [0.05, 0.1) is 6.16 Å². The van der Waals surface area contributed by atoms with Crippen molar-refractivity contribution in [1.29, 1.82) is 0 Å². The maximum Gasteiger partial charge on any atom is 0.342 e. The summed E-state index contributed by atoms with van der Waals surface area (Å²) in [6.45, 7) is 1.93. The standard InChI is InChI=1S/C2H9NO6P2.C2H6O/c3-2(11(7,8)9)1-10(4,5)6;1-2-3/h2H,1,3H2,(H2,4,5,6)(H2,7,8,9);3H,2H2,1H3. The average molecular weight is 251 g/mol. The van der Waals surface area contributed by atoms with E-state index >= 15 is 0 Å². The van der Waals surface area contributed by atoms with Gasteiger partial charge in [0.1, 0.15) is 5.78 Å². The minimum Gasteiger partial charge on any atom is -0.397 e. The van der Waals surface area contributed by atoms with Gasteiger partial charge in [-0.05, 0) is 6.92 Å². The summed E-state index contributed by atoms with van der Waals surface area (Å²) >= 11 is 0. The first-order valence-corrected chi connectivity index (χ1v) is 6.98. The largest absolute Gasteiger partial charge is 0.397 e. The summed E-state index contributed by atoms with van der Waals surface area (Å²) in [5.74, 6) is -1.79. The molecule has 1 unspecified atom stereocenters. The summed E-state index contributed by atoms with van der Waals surface area (Å²) < 4.78 is 20.4. The molecule has 0 amide bonds. The molecule has 0 aliphatic carbocycles. The van der Waals surface area contributed by atoms with Gasteiger partial charge in [-0.3, -0.25) is 9.13 Å². The quantitative estimate of drug-likeness (QED) is 0.334. The molecule has 88 valence electrons. The van der Waals surface area contributed by atoms with Gasteiger partial charge in [-0.25, -0.2) is 0 Å². The summed E-state index contributed by atoms with van der Waals surface area (Å²) in [6.07, 6.45) is -1.00. The fraction of sp³-hybridized carbons (Fsp3) is 1.00. The summed E-state index contributed by atoms with van der Waals surface area (Å²) in [6, 6.07) is 0. The first kappa shape index (κ1) is 16.6. The summed E-state index contributed by atoms with van der Waals surface area (Å²) in [4.78, 5) is 33.1. The molecular weight excluding hydrogens is 236 g/mol. The third kappa shape index (κ3) is 12.2. The Kier molecular flexibility index (Phi) is 7.91. The molecular formula is C4H15NO7P2. The Labute approximate surface area is 81.1 Å². The SMILES string of the molecule is CCO.NC(CP(=O)(O)O)P(=O)(O)O. The van der Waals surface area contributed by atoms with E-state index in [0.717, 1.165) is 0 Å². The normalized spacial score (nSPS) is 14.2. The Morgan fingerprint density at radius 1 is 1.21 bits per heavy atom. The number of nitrogens with two attached hydrogens (primary N) is 1. The predicted molar refractivity (Wildman–Crippen MR) is 49.7 cm³/mol. The number of aliphatic hydroxyl groups is 1. The van der Waals surface area contributed by atoms with Crippen LogP contribution in [-0.4, -0.2) is 43.2 Å². The molecule has 0 radical (unpaired) electrons. The highest BCUT2D eigenvalue weighted by Crippen LogP contribution is 2.46. The van der Waals surface area contributed by atoms with Crippen molar-refractivity contribution in [2.24, 2.45) is 5.73 Å². The maximum absolute atomic E-state index is 10.2. The second-order valence-corrected chi connectivity index (χ2v) is 5.86. The van der Waals surface area contributed by atoms with Crippen LogP contribution in [-0.2, 0) is 9.13 Å². The van der Waals surface area contributed by atoms with E-state index in [-0.39, 0.29) is 6.61 Å². The Morgan fingerprint density at radius 2 is 1.50 bits per heavy atom. The number of rotatable bonds is 3. The van der Waals surface area contributed by atoms with Crippen LogP contribution in [0.15, 0.2) is 0 Å². The number of hydrogen-bond acceptors (Lipinski definition) is 4. The lowest BCUT2D eigenvalue weighted by Crippen LogP contribution is -2.24. The van der Waals surface area contributed by atoms with Crippen LogP contribution in [0.3, 0.4) is 0 Å². The molecule has 7 N–H and O–H groups in total. The average Bonchev–Trinajstić information content (AvgIpc) is 1.82. The van der Waals surface area contributed by atoms with Crippen molar-refractivity contribution in [3.63, 3.8) is 0 Å². The van der Waals surface area contributed by atoms with Gasteiger partial charge in [0.2, 0.25) is 0 Å². The van der Waals surface area contributed by atoms with E-state index < -0.39 is 27.1 Å². The highest BCUT2D eigenvalue weighted by molar-refractivity contribution is 7.56. The smallest absolute Gasteiger partial charge is 0.342 e. The predicted octanol–water partition coefficient (Wildman–Crippen LogP) is -1.37. The molecule has 0 rings (SSSR count). The Hall–Kier alpha value is 0.220. The van der Waals surface area contributed by atoms with Crippen LogP contribution in [0.1, 0.15) is 6.92 Å². The van der Waals surface area contributed by atoms with E-state index in [2.05, 4.69) is 0 Å². The Balaban J connectivity index is 0. The van der Waals surface area contributed by atoms with Crippen molar-refractivity contribution in [3.8, 4) is 0 Å². The summed E-state index contributed by atoms with van der Waals surface area (Å²) in [5.41, 5.74) is 4.78. The lowest BCUT2D eigenvalue weighted by atomic mass is 10.8. The minimum absolute atomic E-state index is 0.250. The third-order valence-electron chi connectivity index (χ3n) is 0.857. The van der Waals surface area contributed by atoms with Gasteiger partial charge in [-0.2, -0.15) is 0 Å². The van der Waals surface area contributed by atoms with Gasteiger partial charge in [0.25, 0.3) is 0 Å². The van der Waals surface area contributed by atoms with Crippen molar-refractivity contribution in [2.75, 3.05) is 12.8 Å². The second kappa shape index (κ2) is 6.66. The fourth-order valence-corrected chi connectivity index (χ4v) is 2.33. The van der Waals surface area contributed by atoms with E-state index in [0.29, 0.717) is 0 Å². The molecule has 0 aromatic carbocycles. The maximum atomic E-state index is 10.2. The van der Waals surface area contributed by atoms with Gasteiger partial charge in [0.15, 0.2) is 0 Å². The molecule has 1 atom stereocenters. The molecule has 0 spiro atoms. The third-order valence-corrected chi connectivity index (χ3v) is 3.06. The number of hydrogen-bond donors (Lipinski definition) is 6. The first-order valence-electron chi connectivity index (χ1n) is 3.50. The molecule has 0 aromatic rings. The molecule has 0 heterocycles. The molecule has 8 nitrogen and oxygen atoms in total.